The van der Waals surface area contributed by atoms with Crippen molar-refractivity contribution in [3.05, 3.63) is 80.9 Å². The van der Waals surface area contributed by atoms with Crippen LogP contribution in [-0.2, 0) is 0 Å². The monoisotopic (exact) mass is 380 g/mol. The summed E-state index contributed by atoms with van der Waals surface area (Å²) in [4.78, 5) is 12.9. The number of hydrogen-bond donors (Lipinski definition) is 0. The van der Waals surface area contributed by atoms with Crippen molar-refractivity contribution in [2.45, 2.75) is 0 Å². The van der Waals surface area contributed by atoms with Crippen LogP contribution in [0.15, 0.2) is 65.5 Å². The Morgan fingerprint density at radius 1 is 0.640 bits per heavy atom. The number of fused-ring (bicyclic) bond motifs is 4. The summed E-state index contributed by atoms with van der Waals surface area (Å²) in [6.45, 7) is 0. The minimum absolute atomic E-state index is 0.0727. The molecule has 4 aromatic carbocycles. The SMILES string of the molecule is O=c1c2ccccc2sc2cc3cc4c(Cl)ccc(Cl)c4cc3cc12. The van der Waals surface area contributed by atoms with Crippen LogP contribution in [0, 0.1) is 0 Å². The summed E-state index contributed by atoms with van der Waals surface area (Å²) in [5.74, 6) is 0. The summed E-state index contributed by atoms with van der Waals surface area (Å²) in [7, 11) is 0. The zero-order chi connectivity index (χ0) is 17.1. The van der Waals surface area contributed by atoms with Gasteiger partial charge in [-0.1, -0.05) is 35.3 Å². The molecule has 0 fully saturated rings. The van der Waals surface area contributed by atoms with Crippen molar-refractivity contribution in [2.24, 2.45) is 0 Å². The van der Waals surface area contributed by atoms with Crippen molar-refractivity contribution in [1.82, 2.24) is 0 Å². The smallest absolute Gasteiger partial charge is 0.195 e. The zero-order valence-corrected chi connectivity index (χ0v) is 15.2. The van der Waals surface area contributed by atoms with Crippen LogP contribution in [-0.4, -0.2) is 0 Å². The van der Waals surface area contributed by atoms with Gasteiger partial charge in [0.05, 0.1) is 0 Å². The molecule has 0 saturated heterocycles. The molecule has 0 amide bonds. The Bertz CT molecular complexity index is 1390. The number of hydrogen-bond acceptors (Lipinski definition) is 2. The first-order valence-corrected chi connectivity index (χ1v) is 9.36. The van der Waals surface area contributed by atoms with Crippen LogP contribution in [0.1, 0.15) is 0 Å². The Morgan fingerprint density at radius 2 is 1.24 bits per heavy atom. The second kappa shape index (κ2) is 5.43. The molecule has 5 aromatic rings. The van der Waals surface area contributed by atoms with Crippen LogP contribution in [0.3, 0.4) is 0 Å². The molecule has 1 aromatic heterocycles. The Hall–Kier alpha value is -2.13. The van der Waals surface area contributed by atoms with E-state index in [2.05, 4.69) is 6.07 Å². The Balaban J connectivity index is 1.99. The second-order valence-corrected chi connectivity index (χ2v) is 7.95. The fourth-order valence-electron chi connectivity index (χ4n) is 3.32. The van der Waals surface area contributed by atoms with Gasteiger partial charge >= 0.3 is 0 Å². The van der Waals surface area contributed by atoms with Crippen LogP contribution in [0.2, 0.25) is 10.0 Å². The summed E-state index contributed by atoms with van der Waals surface area (Å²) in [5.41, 5.74) is 0.0727. The molecule has 5 rings (SSSR count). The van der Waals surface area contributed by atoms with Crippen LogP contribution < -0.4 is 5.43 Å². The van der Waals surface area contributed by atoms with Gasteiger partial charge in [0, 0.05) is 41.0 Å². The lowest BCUT2D eigenvalue weighted by Gasteiger charge is -2.08. The summed E-state index contributed by atoms with van der Waals surface area (Å²) in [5, 5.41) is 6.71. The van der Waals surface area contributed by atoms with Gasteiger partial charge in [0.15, 0.2) is 5.43 Å². The molecular formula is C21H10Cl2OS. The third kappa shape index (κ3) is 2.26. The van der Waals surface area contributed by atoms with Gasteiger partial charge < -0.3 is 0 Å². The van der Waals surface area contributed by atoms with E-state index in [1.165, 1.54) is 0 Å². The predicted octanol–water partition coefficient (Wildman–Crippen LogP) is 7.03. The van der Waals surface area contributed by atoms with Gasteiger partial charge in [0.25, 0.3) is 0 Å². The van der Waals surface area contributed by atoms with Crippen molar-refractivity contribution in [1.29, 1.82) is 0 Å². The van der Waals surface area contributed by atoms with E-state index in [9.17, 15) is 4.79 Å². The van der Waals surface area contributed by atoms with E-state index in [0.717, 1.165) is 41.7 Å². The molecule has 0 bridgehead atoms. The molecule has 0 aliphatic carbocycles. The molecule has 0 spiro atoms. The van der Waals surface area contributed by atoms with Crippen LogP contribution in [0.5, 0.6) is 0 Å². The number of halogens is 2. The standard InChI is InChI=1S/C21H10Cl2OS/c22-17-5-6-18(23)15-8-12-10-20-16(9-11(12)7-14(15)17)21(24)13-3-1-2-4-19(13)25-20/h1-10H. The van der Waals surface area contributed by atoms with Crippen LogP contribution >= 0.6 is 34.5 Å². The Kier molecular flexibility index (Phi) is 3.29. The largest absolute Gasteiger partial charge is 0.289 e. The molecule has 0 radical (unpaired) electrons. The summed E-state index contributed by atoms with van der Waals surface area (Å²) < 4.78 is 1.98. The van der Waals surface area contributed by atoms with Crippen LogP contribution in [0.25, 0.3) is 41.7 Å². The fraction of sp³-hybridized carbons (Fsp3) is 0. The molecule has 0 unspecified atom stereocenters. The van der Waals surface area contributed by atoms with Gasteiger partial charge in [-0.3, -0.25) is 4.79 Å². The highest BCUT2D eigenvalue weighted by Crippen LogP contribution is 2.35. The maximum absolute atomic E-state index is 12.9. The third-order valence-electron chi connectivity index (χ3n) is 4.56. The highest BCUT2D eigenvalue weighted by Gasteiger charge is 2.10. The van der Waals surface area contributed by atoms with E-state index in [0.29, 0.717) is 10.0 Å². The van der Waals surface area contributed by atoms with Crippen molar-refractivity contribution < 1.29 is 0 Å². The van der Waals surface area contributed by atoms with Crippen LogP contribution in [0.4, 0.5) is 0 Å². The highest BCUT2D eigenvalue weighted by molar-refractivity contribution is 7.24. The van der Waals surface area contributed by atoms with Gasteiger partial charge in [-0.05, 0) is 59.3 Å². The molecule has 0 atom stereocenters. The minimum Gasteiger partial charge on any atom is -0.289 e. The molecule has 0 N–H and O–H groups in total. The lowest BCUT2D eigenvalue weighted by Crippen LogP contribution is -2.00. The maximum Gasteiger partial charge on any atom is 0.195 e. The molecule has 1 heterocycles. The lowest BCUT2D eigenvalue weighted by atomic mass is 10.0. The molecule has 25 heavy (non-hydrogen) atoms. The molecule has 120 valence electrons. The molecule has 0 aliphatic heterocycles. The van der Waals surface area contributed by atoms with Gasteiger partial charge in [-0.15, -0.1) is 11.3 Å². The zero-order valence-electron chi connectivity index (χ0n) is 12.8. The normalized spacial score (nSPS) is 11.8. The van der Waals surface area contributed by atoms with Gasteiger partial charge in [-0.2, -0.15) is 0 Å². The summed E-state index contributed by atoms with van der Waals surface area (Å²) in [6.07, 6.45) is 0. The first kappa shape index (κ1) is 15.2. The van der Waals surface area contributed by atoms with Crippen molar-refractivity contribution in [3.63, 3.8) is 0 Å². The molecule has 4 heteroatoms. The second-order valence-electron chi connectivity index (χ2n) is 6.05. The van der Waals surface area contributed by atoms with Crippen molar-refractivity contribution in [2.75, 3.05) is 0 Å². The van der Waals surface area contributed by atoms with E-state index in [1.54, 1.807) is 17.4 Å². The fourth-order valence-corrected chi connectivity index (χ4v) is 4.86. The van der Waals surface area contributed by atoms with Crippen molar-refractivity contribution >= 4 is 76.3 Å². The van der Waals surface area contributed by atoms with Gasteiger partial charge in [0.2, 0.25) is 0 Å². The number of benzene rings is 4. The quantitative estimate of drug-likeness (QED) is 0.263. The predicted molar refractivity (Wildman–Crippen MR) is 111 cm³/mol. The first-order valence-electron chi connectivity index (χ1n) is 7.79. The van der Waals surface area contributed by atoms with Gasteiger partial charge in [-0.25, -0.2) is 0 Å². The average Bonchev–Trinajstić information content (AvgIpc) is 2.63. The van der Waals surface area contributed by atoms with Gasteiger partial charge in [0.1, 0.15) is 0 Å². The topological polar surface area (TPSA) is 17.1 Å². The first-order chi connectivity index (χ1) is 12.1. The lowest BCUT2D eigenvalue weighted by molar-refractivity contribution is 1.76. The third-order valence-corrected chi connectivity index (χ3v) is 6.35. The minimum atomic E-state index is 0.0727. The van der Waals surface area contributed by atoms with E-state index in [-0.39, 0.29) is 5.43 Å². The van der Waals surface area contributed by atoms with E-state index in [4.69, 9.17) is 23.2 Å². The Morgan fingerprint density at radius 3 is 1.96 bits per heavy atom. The molecule has 0 aliphatic rings. The van der Waals surface area contributed by atoms with Crippen molar-refractivity contribution in [3.8, 4) is 0 Å². The Labute approximate surface area is 157 Å². The van der Waals surface area contributed by atoms with E-state index < -0.39 is 0 Å². The molecule has 1 nitrogen and oxygen atoms in total. The summed E-state index contributed by atoms with van der Waals surface area (Å²) >= 11 is 14.3. The van der Waals surface area contributed by atoms with E-state index >= 15 is 0 Å². The average molecular weight is 381 g/mol. The maximum atomic E-state index is 12.9. The number of rotatable bonds is 0. The summed E-state index contributed by atoms with van der Waals surface area (Å²) in [6, 6.07) is 19.4. The molecular weight excluding hydrogens is 371 g/mol. The molecule has 0 saturated carbocycles. The highest BCUT2D eigenvalue weighted by atomic mass is 35.5. The van der Waals surface area contributed by atoms with E-state index in [1.807, 2.05) is 48.5 Å².